The average Bonchev–Trinajstić information content (AvgIpc) is 3.56. The number of likely N-dealkylation sites (N-methyl/N-ethyl adjacent to an activating group) is 1. The van der Waals surface area contributed by atoms with Crippen LogP contribution < -0.4 is 5.11 Å². The Labute approximate surface area is 535 Å². The number of hydrogen-bond acceptors (Lipinski definition) is 8. The van der Waals surface area contributed by atoms with Crippen LogP contribution >= 0.6 is 0 Å². The summed E-state index contributed by atoms with van der Waals surface area (Å²) in [7, 11) is 5.93. The molecule has 0 amide bonds. The zero-order valence-electron chi connectivity index (χ0n) is 56.6. The lowest BCUT2D eigenvalue weighted by Gasteiger charge is -2.26. The third-order valence-corrected chi connectivity index (χ3v) is 14.9. The van der Waals surface area contributed by atoms with E-state index in [1.165, 1.54) is 141 Å². The summed E-state index contributed by atoms with van der Waals surface area (Å²) in [4.78, 5) is 37.5. The van der Waals surface area contributed by atoms with E-state index in [0.717, 1.165) is 109 Å². The molecule has 9 heteroatoms. The second-order valence-electron chi connectivity index (χ2n) is 24.4. The minimum absolute atomic E-state index is 0.142. The molecule has 0 bridgehead atoms. The van der Waals surface area contributed by atoms with Gasteiger partial charge in [0.25, 0.3) is 0 Å². The minimum atomic E-state index is -1.63. The fourth-order valence-corrected chi connectivity index (χ4v) is 9.57. The predicted molar refractivity (Wildman–Crippen MR) is 370 cm³/mol. The van der Waals surface area contributed by atoms with Crippen LogP contribution in [0.2, 0.25) is 0 Å². The van der Waals surface area contributed by atoms with Crippen molar-refractivity contribution >= 4 is 17.9 Å². The van der Waals surface area contributed by atoms with Crippen LogP contribution in [0.3, 0.4) is 0 Å². The minimum Gasteiger partial charge on any atom is -0.545 e. The number of carbonyl (C=O) groups is 3. The quantitative estimate of drug-likeness (QED) is 0.0195. The Morgan fingerprint density at radius 2 is 0.621 bits per heavy atom. The summed E-state index contributed by atoms with van der Waals surface area (Å²) >= 11 is 0. The summed E-state index contributed by atoms with van der Waals surface area (Å²) in [5, 5.41) is 11.8. The van der Waals surface area contributed by atoms with E-state index in [0.29, 0.717) is 17.4 Å². The Morgan fingerprint density at radius 3 is 0.920 bits per heavy atom. The highest BCUT2D eigenvalue weighted by Gasteiger charge is 2.22. The first-order valence-corrected chi connectivity index (χ1v) is 35.3. The van der Waals surface area contributed by atoms with Crippen LogP contribution in [-0.2, 0) is 33.3 Å². The van der Waals surface area contributed by atoms with E-state index >= 15 is 0 Å². The molecule has 87 heavy (non-hydrogen) atoms. The van der Waals surface area contributed by atoms with E-state index in [9.17, 15) is 19.5 Å². The van der Waals surface area contributed by atoms with Gasteiger partial charge < -0.3 is 33.3 Å². The maximum Gasteiger partial charge on any atom is 0.306 e. The van der Waals surface area contributed by atoms with E-state index in [2.05, 4.69) is 148 Å². The molecule has 496 valence electrons. The van der Waals surface area contributed by atoms with Crippen molar-refractivity contribution < 1.29 is 42.9 Å². The van der Waals surface area contributed by atoms with Crippen LogP contribution in [0, 0.1) is 0 Å². The van der Waals surface area contributed by atoms with E-state index in [1.807, 2.05) is 21.1 Å². The Kier molecular flexibility index (Phi) is 63.8. The number of aliphatic carboxylic acids is 1. The van der Waals surface area contributed by atoms with Crippen LogP contribution in [0.5, 0.6) is 0 Å². The zero-order valence-corrected chi connectivity index (χ0v) is 56.6. The van der Waals surface area contributed by atoms with Crippen LogP contribution in [0.4, 0.5) is 0 Å². The van der Waals surface area contributed by atoms with Crippen molar-refractivity contribution in [2.45, 2.75) is 296 Å². The first kappa shape index (κ1) is 82.4. The molecule has 0 aromatic rings. The van der Waals surface area contributed by atoms with E-state index in [4.69, 9.17) is 18.9 Å². The van der Waals surface area contributed by atoms with Crippen molar-refractivity contribution in [3.63, 3.8) is 0 Å². The van der Waals surface area contributed by atoms with Gasteiger partial charge in [0.2, 0.25) is 0 Å². The van der Waals surface area contributed by atoms with Gasteiger partial charge in [-0.25, -0.2) is 0 Å². The number of nitrogens with zero attached hydrogens (tertiary/aromatic N) is 1. The molecule has 2 atom stereocenters. The molecule has 0 spiro atoms. The second kappa shape index (κ2) is 67.4. The van der Waals surface area contributed by atoms with Gasteiger partial charge in [0.05, 0.1) is 40.3 Å². The molecule has 0 aromatic carbocycles. The van der Waals surface area contributed by atoms with Crippen LogP contribution in [0.25, 0.3) is 0 Å². The average molecular weight is 1210 g/mol. The van der Waals surface area contributed by atoms with E-state index in [1.54, 1.807) is 0 Å². The number of rotatable bonds is 64. The zero-order chi connectivity index (χ0) is 63.3. The number of carboxylic acids is 1. The van der Waals surface area contributed by atoms with Gasteiger partial charge in [0, 0.05) is 12.8 Å². The van der Waals surface area contributed by atoms with Gasteiger partial charge in [-0.05, 0) is 109 Å². The van der Waals surface area contributed by atoms with Crippen molar-refractivity contribution in [1.29, 1.82) is 0 Å². The molecule has 0 aliphatic rings. The van der Waals surface area contributed by atoms with E-state index < -0.39 is 24.3 Å². The van der Waals surface area contributed by atoms with Crippen LogP contribution in [0.1, 0.15) is 284 Å². The van der Waals surface area contributed by atoms with Gasteiger partial charge in [0.1, 0.15) is 13.2 Å². The number of quaternary nitrogens is 1. The van der Waals surface area contributed by atoms with Gasteiger partial charge in [0.15, 0.2) is 12.4 Å². The van der Waals surface area contributed by atoms with Crippen LogP contribution in [0.15, 0.2) is 134 Å². The molecule has 0 aliphatic heterocycles. The fourth-order valence-electron chi connectivity index (χ4n) is 9.57. The first-order chi connectivity index (χ1) is 42.6. The third kappa shape index (κ3) is 68.8. The number of ether oxygens (including phenoxy) is 4. The maximum absolute atomic E-state index is 12.9. The first-order valence-electron chi connectivity index (χ1n) is 35.3. The number of esters is 2. The molecule has 0 saturated carbocycles. The van der Waals surface area contributed by atoms with Crippen LogP contribution in [-0.4, -0.2) is 82.3 Å². The van der Waals surface area contributed by atoms with E-state index in [-0.39, 0.29) is 38.6 Å². The normalized spacial score (nSPS) is 13.5. The molecule has 0 radical (unpaired) electrons. The predicted octanol–water partition coefficient (Wildman–Crippen LogP) is 20.8. The van der Waals surface area contributed by atoms with Gasteiger partial charge in [-0.1, -0.05) is 295 Å². The lowest BCUT2D eigenvalue weighted by atomic mass is 10.0. The molecule has 0 fully saturated rings. The van der Waals surface area contributed by atoms with Crippen molar-refractivity contribution in [1.82, 2.24) is 0 Å². The summed E-state index contributed by atoms with van der Waals surface area (Å²) in [5.74, 6) is -2.29. The van der Waals surface area contributed by atoms with Crippen molar-refractivity contribution in [2.75, 3.05) is 47.5 Å². The summed E-state index contributed by atoms with van der Waals surface area (Å²) in [5.41, 5.74) is 0. The fraction of sp³-hybridized carbons (Fsp3) is 0.679. The summed E-state index contributed by atoms with van der Waals surface area (Å²) < 4.78 is 22.8. The summed E-state index contributed by atoms with van der Waals surface area (Å²) in [6.45, 7) is 4.53. The van der Waals surface area contributed by atoms with Crippen molar-refractivity contribution in [2.24, 2.45) is 0 Å². The Bertz CT molecular complexity index is 1890. The molecule has 0 rings (SSSR count). The number of hydrogen-bond donors (Lipinski definition) is 0. The van der Waals surface area contributed by atoms with Gasteiger partial charge in [-0.2, -0.15) is 0 Å². The second-order valence-corrected chi connectivity index (χ2v) is 24.4. The highest BCUT2D eigenvalue weighted by Crippen LogP contribution is 2.17. The van der Waals surface area contributed by atoms with Gasteiger partial charge in [-0.3, -0.25) is 9.59 Å². The van der Waals surface area contributed by atoms with Gasteiger partial charge >= 0.3 is 11.9 Å². The standard InChI is InChI=1S/C78H131NO8/c1-6-8-10-12-14-16-18-20-22-24-26-28-30-32-34-36-38-40-42-44-46-48-50-52-54-56-58-60-62-64-66-68-75(80)85-72-74(73-86-78(77(82)83)84-71-70-79(3,4)5)87-76(81)69-67-65-63-61-59-57-55-53-51-49-47-45-43-41-39-37-35-33-31-29-27-25-23-21-19-17-15-13-11-9-7-2/h8-11,14-17,20-23,26-29,32-35,39,41,74,78H,6-7,12-13,18-19,24-25,30-31,36-38,40,42-73H2,1-5H3/b10-8-,11-9-,16-14-,17-15-,22-20-,23-21-,28-26-,29-27-,34-32-,35-33-,41-39-. The third-order valence-electron chi connectivity index (χ3n) is 14.9. The molecule has 2 unspecified atom stereocenters. The Hall–Kier alpha value is -4.57. The SMILES string of the molecule is CC/C=C\C/C=C\C/C=C\C/C=C\C/C=C\C/C=C\CCCCCCCCCCCCCCC(=O)OC(COC(=O)CCCCCCCCCCCCCCCCC/C=C\C/C=C\C/C=C\C/C=C\C/C=C\CC)COC(OCC[N+](C)(C)C)C(=O)[O-]. The highest BCUT2D eigenvalue weighted by atomic mass is 16.7. The lowest BCUT2D eigenvalue weighted by Crippen LogP contribution is -2.44. The number of carboxylic acid groups (broad SMARTS) is 1. The highest BCUT2D eigenvalue weighted by molar-refractivity contribution is 5.70. The van der Waals surface area contributed by atoms with Gasteiger partial charge in [-0.15, -0.1) is 0 Å². The topological polar surface area (TPSA) is 111 Å². The maximum atomic E-state index is 12.9. The summed E-state index contributed by atoms with van der Waals surface area (Å²) in [6, 6.07) is 0. The molecular formula is C78H131NO8. The molecule has 0 heterocycles. The number of allylic oxidation sites excluding steroid dienone is 22. The van der Waals surface area contributed by atoms with Crippen molar-refractivity contribution in [3.05, 3.63) is 134 Å². The molecule has 0 saturated heterocycles. The molecule has 0 N–H and O–H groups in total. The Morgan fingerprint density at radius 1 is 0.345 bits per heavy atom. The number of carbonyl (C=O) groups excluding carboxylic acids is 3. The molecular weight excluding hydrogens is 1080 g/mol. The van der Waals surface area contributed by atoms with Crippen molar-refractivity contribution in [3.8, 4) is 0 Å². The summed E-state index contributed by atoms with van der Waals surface area (Å²) in [6.07, 6.45) is 93.8. The molecule has 9 nitrogen and oxygen atoms in total. The number of unbranched alkanes of at least 4 members (excludes halogenated alkanes) is 27. The lowest BCUT2D eigenvalue weighted by molar-refractivity contribution is -0.870. The monoisotopic (exact) mass is 1210 g/mol. The largest absolute Gasteiger partial charge is 0.545 e. The molecule has 0 aliphatic carbocycles. The Balaban J connectivity index is 4.13. The molecule has 0 aromatic heterocycles. The smallest absolute Gasteiger partial charge is 0.306 e.